The summed E-state index contributed by atoms with van der Waals surface area (Å²) in [6.07, 6.45) is 2.17. The molecule has 31 heavy (non-hydrogen) atoms. The summed E-state index contributed by atoms with van der Waals surface area (Å²) in [6.45, 7) is -6.35. The van der Waals surface area contributed by atoms with Gasteiger partial charge in [-0.3, -0.25) is 9.52 Å². The zero-order valence-electron chi connectivity index (χ0n) is 15.6. The lowest BCUT2D eigenvalue weighted by atomic mass is 10.1. The predicted molar refractivity (Wildman–Crippen MR) is 104 cm³/mol. The molecule has 0 spiro atoms. The van der Waals surface area contributed by atoms with Gasteiger partial charge in [0.05, 0.1) is 5.69 Å². The number of hydrogen-bond acceptors (Lipinski definition) is 5. The molecule has 2 aromatic rings. The van der Waals surface area contributed by atoms with Crippen LogP contribution in [0.5, 0.6) is 11.5 Å². The van der Waals surface area contributed by atoms with E-state index in [1.165, 1.54) is 18.2 Å². The fraction of sp³-hybridized carbons (Fsp3) is 0.167. The minimum atomic E-state index is -3.95. The SMILES string of the molecule is NS(=O)(=O)Nc1cccc(CNC(=O)/C=C/c2ccc(OC(F)F)cc2OC(F)F)c1. The second kappa shape index (κ2) is 10.6. The number of benzene rings is 2. The third-order valence-corrected chi connectivity index (χ3v) is 4.01. The zero-order chi connectivity index (χ0) is 23.0. The Morgan fingerprint density at radius 1 is 1.06 bits per heavy atom. The highest BCUT2D eigenvalue weighted by Crippen LogP contribution is 2.28. The van der Waals surface area contributed by atoms with Crippen molar-refractivity contribution in [2.45, 2.75) is 19.8 Å². The second-order valence-electron chi connectivity index (χ2n) is 5.86. The van der Waals surface area contributed by atoms with Crippen LogP contribution in [0, 0.1) is 0 Å². The first-order chi connectivity index (χ1) is 14.5. The van der Waals surface area contributed by atoms with Gasteiger partial charge in [0.1, 0.15) is 11.5 Å². The van der Waals surface area contributed by atoms with E-state index in [0.717, 1.165) is 24.3 Å². The molecular weight excluding hydrogens is 446 g/mol. The van der Waals surface area contributed by atoms with E-state index in [9.17, 15) is 30.8 Å². The molecular formula is C18H17F4N3O5S. The van der Waals surface area contributed by atoms with Crippen molar-refractivity contribution in [1.29, 1.82) is 0 Å². The van der Waals surface area contributed by atoms with Crippen molar-refractivity contribution in [1.82, 2.24) is 5.32 Å². The van der Waals surface area contributed by atoms with Crippen molar-refractivity contribution in [2.24, 2.45) is 5.14 Å². The lowest BCUT2D eigenvalue weighted by molar-refractivity contribution is -0.116. The monoisotopic (exact) mass is 463 g/mol. The highest BCUT2D eigenvalue weighted by Gasteiger charge is 2.12. The van der Waals surface area contributed by atoms with Crippen molar-refractivity contribution >= 4 is 27.9 Å². The van der Waals surface area contributed by atoms with Crippen molar-refractivity contribution in [3.05, 3.63) is 59.7 Å². The number of carbonyl (C=O) groups is 1. The quantitative estimate of drug-likeness (QED) is 0.370. The number of amides is 1. The fourth-order valence-corrected chi connectivity index (χ4v) is 2.80. The first-order valence-corrected chi connectivity index (χ1v) is 9.95. The summed E-state index contributed by atoms with van der Waals surface area (Å²) in [6, 6.07) is 9.19. The number of rotatable bonds is 10. The van der Waals surface area contributed by atoms with Gasteiger partial charge in [-0.25, -0.2) is 5.14 Å². The largest absolute Gasteiger partial charge is 0.435 e. The first-order valence-electron chi connectivity index (χ1n) is 8.41. The van der Waals surface area contributed by atoms with Crippen molar-refractivity contribution < 1.29 is 40.2 Å². The van der Waals surface area contributed by atoms with Gasteiger partial charge in [-0.2, -0.15) is 26.0 Å². The molecule has 0 fully saturated rings. The molecule has 2 aromatic carbocycles. The molecule has 0 unspecified atom stereocenters. The van der Waals surface area contributed by atoms with Crippen LogP contribution in [0.4, 0.5) is 23.2 Å². The van der Waals surface area contributed by atoms with Gasteiger partial charge >= 0.3 is 13.2 Å². The number of halogens is 4. The summed E-state index contributed by atoms with van der Waals surface area (Å²) in [5.41, 5.74) is 0.770. The smallest absolute Gasteiger partial charge is 0.387 e. The summed E-state index contributed by atoms with van der Waals surface area (Å²) >= 11 is 0. The summed E-state index contributed by atoms with van der Waals surface area (Å²) in [4.78, 5) is 12.0. The maximum Gasteiger partial charge on any atom is 0.387 e. The molecule has 0 aliphatic rings. The molecule has 1 amide bonds. The number of anilines is 1. The molecule has 0 saturated heterocycles. The van der Waals surface area contributed by atoms with E-state index in [2.05, 4.69) is 19.5 Å². The van der Waals surface area contributed by atoms with Crippen molar-refractivity contribution in [3.63, 3.8) is 0 Å². The van der Waals surface area contributed by atoms with Crippen LogP contribution < -0.4 is 24.7 Å². The summed E-state index contributed by atoms with van der Waals surface area (Å²) < 4.78 is 82.3. The molecule has 13 heteroatoms. The van der Waals surface area contributed by atoms with E-state index in [1.807, 2.05) is 0 Å². The fourth-order valence-electron chi connectivity index (χ4n) is 2.35. The number of hydrogen-bond donors (Lipinski definition) is 3. The predicted octanol–water partition coefficient (Wildman–Crippen LogP) is 2.83. The van der Waals surface area contributed by atoms with Gasteiger partial charge < -0.3 is 14.8 Å². The molecule has 0 aliphatic carbocycles. The van der Waals surface area contributed by atoms with Gasteiger partial charge in [-0.15, -0.1) is 0 Å². The standard InChI is InChI=1S/C18H17F4N3O5S/c19-17(20)29-14-6-4-12(15(9-14)30-18(21)22)5-7-16(26)24-10-11-2-1-3-13(8-11)25-31(23,27)28/h1-9,17-18,25H,10H2,(H,24,26)(H2,23,27,28)/b7-5+. The van der Waals surface area contributed by atoms with Gasteiger partial charge in [0.25, 0.3) is 10.2 Å². The number of nitrogens with two attached hydrogens (primary N) is 1. The Hall–Kier alpha value is -3.32. The maximum atomic E-state index is 12.6. The molecule has 0 heterocycles. The summed E-state index contributed by atoms with van der Waals surface area (Å²) in [7, 11) is -3.95. The van der Waals surface area contributed by atoms with E-state index in [0.29, 0.717) is 5.56 Å². The van der Waals surface area contributed by atoms with Crippen LogP contribution in [-0.2, 0) is 21.5 Å². The molecule has 2 rings (SSSR count). The van der Waals surface area contributed by atoms with Crippen LogP contribution in [0.1, 0.15) is 11.1 Å². The average Bonchev–Trinajstić information content (AvgIpc) is 2.64. The van der Waals surface area contributed by atoms with E-state index >= 15 is 0 Å². The van der Waals surface area contributed by atoms with Crippen LogP contribution in [0.2, 0.25) is 0 Å². The third-order valence-electron chi connectivity index (χ3n) is 3.49. The number of carbonyl (C=O) groups excluding carboxylic acids is 1. The summed E-state index contributed by atoms with van der Waals surface area (Å²) in [5, 5.41) is 7.40. The number of ether oxygens (including phenoxy) is 2. The van der Waals surface area contributed by atoms with Gasteiger partial charge in [0.2, 0.25) is 5.91 Å². The van der Waals surface area contributed by atoms with Crippen LogP contribution in [0.25, 0.3) is 6.08 Å². The molecule has 4 N–H and O–H groups in total. The van der Waals surface area contributed by atoms with Gasteiger partial charge in [-0.05, 0) is 35.9 Å². The normalized spacial score (nSPS) is 11.7. The second-order valence-corrected chi connectivity index (χ2v) is 7.15. The van der Waals surface area contributed by atoms with E-state index in [4.69, 9.17) is 5.14 Å². The third kappa shape index (κ3) is 8.92. The highest BCUT2D eigenvalue weighted by atomic mass is 32.2. The molecule has 168 valence electrons. The average molecular weight is 463 g/mol. The molecule has 0 saturated carbocycles. The number of nitrogens with one attached hydrogen (secondary N) is 2. The Morgan fingerprint density at radius 3 is 2.42 bits per heavy atom. The van der Waals surface area contributed by atoms with Crippen LogP contribution in [0.15, 0.2) is 48.5 Å². The van der Waals surface area contributed by atoms with Crippen molar-refractivity contribution in [3.8, 4) is 11.5 Å². The maximum absolute atomic E-state index is 12.6. The van der Waals surface area contributed by atoms with Gasteiger partial charge in [-0.1, -0.05) is 12.1 Å². The Kier molecular flexibility index (Phi) is 8.22. The molecule has 0 bridgehead atoms. The Bertz CT molecular complexity index is 1050. The topological polar surface area (TPSA) is 120 Å². The molecule has 0 atom stereocenters. The lowest BCUT2D eigenvalue weighted by Gasteiger charge is -2.11. The molecule has 0 aliphatic heterocycles. The first kappa shape index (κ1) is 24.0. The Labute approximate surface area is 174 Å². The van der Waals surface area contributed by atoms with Crippen LogP contribution >= 0.6 is 0 Å². The Morgan fingerprint density at radius 2 is 1.77 bits per heavy atom. The molecule has 0 aromatic heterocycles. The summed E-state index contributed by atoms with van der Waals surface area (Å²) in [5.74, 6) is -1.46. The lowest BCUT2D eigenvalue weighted by Crippen LogP contribution is -2.22. The minimum absolute atomic E-state index is 0.0187. The van der Waals surface area contributed by atoms with E-state index in [1.54, 1.807) is 12.1 Å². The van der Waals surface area contributed by atoms with Crippen LogP contribution in [0.3, 0.4) is 0 Å². The van der Waals surface area contributed by atoms with Gasteiger partial charge in [0, 0.05) is 24.3 Å². The minimum Gasteiger partial charge on any atom is -0.435 e. The van der Waals surface area contributed by atoms with E-state index in [-0.39, 0.29) is 23.5 Å². The van der Waals surface area contributed by atoms with Crippen molar-refractivity contribution in [2.75, 3.05) is 4.72 Å². The molecule has 0 radical (unpaired) electrons. The zero-order valence-corrected chi connectivity index (χ0v) is 16.4. The van der Waals surface area contributed by atoms with Crippen LogP contribution in [-0.4, -0.2) is 27.5 Å². The Balaban J connectivity index is 2.05. The highest BCUT2D eigenvalue weighted by molar-refractivity contribution is 7.90. The van der Waals surface area contributed by atoms with E-state index < -0.39 is 35.1 Å². The molecule has 8 nitrogen and oxygen atoms in total. The van der Waals surface area contributed by atoms with Gasteiger partial charge in [0.15, 0.2) is 0 Å². The number of alkyl halides is 4.